The summed E-state index contributed by atoms with van der Waals surface area (Å²) in [5.41, 5.74) is 2.26. The first-order valence-corrected chi connectivity index (χ1v) is 10.8. The van der Waals surface area contributed by atoms with Gasteiger partial charge in [0.25, 0.3) is 0 Å². The first-order chi connectivity index (χ1) is 12.8. The lowest BCUT2D eigenvalue weighted by molar-refractivity contribution is -0.142. The molecule has 1 aliphatic carbocycles. The Morgan fingerprint density at radius 2 is 2.07 bits per heavy atom. The molecule has 1 aliphatic heterocycles. The van der Waals surface area contributed by atoms with Crippen molar-refractivity contribution in [3.8, 4) is 0 Å². The van der Waals surface area contributed by atoms with Gasteiger partial charge in [-0.25, -0.2) is 8.42 Å². The Morgan fingerprint density at radius 1 is 1.33 bits per heavy atom. The fourth-order valence-electron chi connectivity index (χ4n) is 3.76. The van der Waals surface area contributed by atoms with Gasteiger partial charge in [0.1, 0.15) is 6.54 Å². The summed E-state index contributed by atoms with van der Waals surface area (Å²) in [4.78, 5) is 25.7. The molecule has 2 aliphatic rings. The number of nitrogens with zero attached hydrogens (tertiary/aromatic N) is 2. The van der Waals surface area contributed by atoms with Crippen molar-refractivity contribution in [1.29, 1.82) is 0 Å². The second-order valence-electron chi connectivity index (χ2n) is 7.02. The third-order valence-corrected chi connectivity index (χ3v) is 6.29. The van der Waals surface area contributed by atoms with E-state index >= 15 is 0 Å². The zero-order valence-corrected chi connectivity index (χ0v) is 16.0. The summed E-state index contributed by atoms with van der Waals surface area (Å²) in [7, 11) is -3.68. The van der Waals surface area contributed by atoms with Crippen LogP contribution in [0.5, 0.6) is 0 Å². The van der Waals surface area contributed by atoms with Gasteiger partial charge < -0.3 is 14.7 Å². The number of morpholine rings is 1. The molecule has 8 nitrogen and oxygen atoms in total. The first kappa shape index (κ1) is 19.8. The monoisotopic (exact) mass is 396 g/mol. The molecular weight excluding hydrogens is 372 g/mol. The van der Waals surface area contributed by atoms with Crippen molar-refractivity contribution in [2.24, 2.45) is 0 Å². The number of fused-ring (bicyclic) bond motifs is 1. The van der Waals surface area contributed by atoms with Gasteiger partial charge in [0, 0.05) is 19.6 Å². The number of hydrogen-bond acceptors (Lipinski definition) is 5. The highest BCUT2D eigenvalue weighted by Gasteiger charge is 2.35. The van der Waals surface area contributed by atoms with E-state index in [-0.39, 0.29) is 24.9 Å². The van der Waals surface area contributed by atoms with Crippen LogP contribution in [0, 0.1) is 0 Å². The average molecular weight is 396 g/mol. The van der Waals surface area contributed by atoms with Gasteiger partial charge in [-0.3, -0.25) is 9.59 Å². The number of carbonyl (C=O) groups excluding carboxylic acids is 1. The number of rotatable bonds is 6. The Hall–Kier alpha value is -1.97. The number of carboxylic acids is 1. The minimum Gasteiger partial charge on any atom is -0.480 e. The Bertz CT molecular complexity index is 825. The number of carbonyl (C=O) groups is 2. The molecule has 3 rings (SSSR count). The second kappa shape index (κ2) is 7.95. The van der Waals surface area contributed by atoms with Crippen LogP contribution in [0.25, 0.3) is 0 Å². The molecule has 1 fully saturated rings. The molecule has 1 N–H and O–H groups in total. The van der Waals surface area contributed by atoms with E-state index in [1.807, 2.05) is 24.3 Å². The summed E-state index contributed by atoms with van der Waals surface area (Å²) >= 11 is 0. The lowest BCUT2D eigenvalue weighted by atomic mass is 9.99. The van der Waals surface area contributed by atoms with Gasteiger partial charge in [0.05, 0.1) is 24.9 Å². The van der Waals surface area contributed by atoms with Crippen molar-refractivity contribution in [2.45, 2.75) is 24.9 Å². The molecule has 148 valence electrons. The Labute approximate surface area is 158 Å². The maximum atomic E-state index is 13.0. The summed E-state index contributed by atoms with van der Waals surface area (Å²) in [5, 5.41) is 8.94. The van der Waals surface area contributed by atoms with Gasteiger partial charge in [-0.2, -0.15) is 4.31 Å². The minimum atomic E-state index is -3.68. The van der Waals surface area contributed by atoms with E-state index in [2.05, 4.69) is 0 Å². The number of benzene rings is 1. The predicted octanol–water partition coefficient (Wildman–Crippen LogP) is 0.290. The van der Waals surface area contributed by atoms with Crippen LogP contribution >= 0.6 is 0 Å². The van der Waals surface area contributed by atoms with Gasteiger partial charge in [-0.05, 0) is 24.0 Å². The van der Waals surface area contributed by atoms with Crippen LogP contribution in [0.4, 0.5) is 0 Å². The van der Waals surface area contributed by atoms with Crippen LogP contribution in [-0.4, -0.2) is 79.8 Å². The molecule has 1 saturated heterocycles. The molecule has 2 unspecified atom stereocenters. The Balaban J connectivity index is 1.67. The smallest absolute Gasteiger partial charge is 0.318 e. The SMILES string of the molecule is CS(=O)(=O)N(CC(=O)O)CC1CN(C(=O)C2CCc3ccccc32)CCO1. The number of sulfonamides is 1. The molecule has 0 saturated carbocycles. The second-order valence-corrected chi connectivity index (χ2v) is 9.00. The first-order valence-electron chi connectivity index (χ1n) is 8.91. The fourth-order valence-corrected chi connectivity index (χ4v) is 4.54. The Morgan fingerprint density at radius 3 is 2.78 bits per heavy atom. The highest BCUT2D eigenvalue weighted by Crippen LogP contribution is 2.34. The highest BCUT2D eigenvalue weighted by molar-refractivity contribution is 7.88. The zero-order chi connectivity index (χ0) is 19.6. The van der Waals surface area contributed by atoms with Gasteiger partial charge in [-0.15, -0.1) is 0 Å². The van der Waals surface area contributed by atoms with Gasteiger partial charge in [-0.1, -0.05) is 24.3 Å². The molecule has 0 spiro atoms. The molecule has 9 heteroatoms. The van der Waals surface area contributed by atoms with Crippen molar-refractivity contribution in [2.75, 3.05) is 39.0 Å². The zero-order valence-electron chi connectivity index (χ0n) is 15.2. The molecule has 1 amide bonds. The minimum absolute atomic E-state index is 0.0254. The van der Waals surface area contributed by atoms with E-state index in [0.29, 0.717) is 13.2 Å². The third kappa shape index (κ3) is 4.66. The molecule has 0 bridgehead atoms. The van der Waals surface area contributed by atoms with Crippen LogP contribution in [0.3, 0.4) is 0 Å². The maximum Gasteiger partial charge on any atom is 0.318 e. The van der Waals surface area contributed by atoms with Crippen molar-refractivity contribution in [1.82, 2.24) is 9.21 Å². The number of amides is 1. The van der Waals surface area contributed by atoms with Crippen molar-refractivity contribution in [3.05, 3.63) is 35.4 Å². The topological polar surface area (TPSA) is 104 Å². The van der Waals surface area contributed by atoms with E-state index < -0.39 is 28.6 Å². The van der Waals surface area contributed by atoms with Crippen LogP contribution in [0.2, 0.25) is 0 Å². The standard InChI is InChI=1S/C18H24N2O6S/c1-27(24,25)20(12-17(21)22)11-14-10-19(8-9-26-14)18(23)16-7-6-13-4-2-3-5-15(13)16/h2-5,14,16H,6-12H2,1H3,(H,21,22). The third-order valence-electron chi connectivity index (χ3n) is 5.07. The normalized spacial score (nSPS) is 22.7. The van der Waals surface area contributed by atoms with E-state index in [0.717, 1.165) is 29.0 Å². The van der Waals surface area contributed by atoms with E-state index in [9.17, 15) is 18.0 Å². The molecule has 1 aromatic carbocycles. The molecule has 1 aromatic rings. The van der Waals surface area contributed by atoms with E-state index in [4.69, 9.17) is 9.84 Å². The van der Waals surface area contributed by atoms with Crippen LogP contribution in [0.15, 0.2) is 24.3 Å². The molecule has 27 heavy (non-hydrogen) atoms. The number of hydrogen-bond donors (Lipinski definition) is 1. The fraction of sp³-hybridized carbons (Fsp3) is 0.556. The van der Waals surface area contributed by atoms with Crippen molar-refractivity contribution in [3.63, 3.8) is 0 Å². The largest absolute Gasteiger partial charge is 0.480 e. The van der Waals surface area contributed by atoms with Crippen LogP contribution < -0.4 is 0 Å². The number of ether oxygens (including phenoxy) is 1. The molecule has 0 aromatic heterocycles. The van der Waals surface area contributed by atoms with E-state index in [1.165, 1.54) is 5.56 Å². The maximum absolute atomic E-state index is 13.0. The predicted molar refractivity (Wildman–Crippen MR) is 97.9 cm³/mol. The van der Waals surface area contributed by atoms with E-state index in [1.54, 1.807) is 4.90 Å². The quantitative estimate of drug-likeness (QED) is 0.741. The lowest BCUT2D eigenvalue weighted by Crippen LogP contribution is -2.52. The van der Waals surface area contributed by atoms with Crippen molar-refractivity contribution < 1.29 is 27.9 Å². The summed E-state index contributed by atoms with van der Waals surface area (Å²) < 4.78 is 30.1. The van der Waals surface area contributed by atoms with Crippen LogP contribution in [0.1, 0.15) is 23.5 Å². The molecule has 2 atom stereocenters. The summed E-state index contributed by atoms with van der Waals surface area (Å²) in [5.74, 6) is -1.38. The van der Waals surface area contributed by atoms with Gasteiger partial charge in [0.2, 0.25) is 15.9 Å². The highest BCUT2D eigenvalue weighted by atomic mass is 32.2. The molecule has 0 radical (unpaired) electrons. The molecular formula is C18H24N2O6S. The summed E-state index contributed by atoms with van der Waals surface area (Å²) in [6.07, 6.45) is 2.07. The van der Waals surface area contributed by atoms with Gasteiger partial charge in [0.15, 0.2) is 0 Å². The number of carboxylic acid groups (broad SMARTS) is 1. The average Bonchev–Trinajstić information content (AvgIpc) is 3.04. The number of aryl methyl sites for hydroxylation is 1. The van der Waals surface area contributed by atoms with Crippen molar-refractivity contribution >= 4 is 21.9 Å². The summed E-state index contributed by atoms with van der Waals surface area (Å²) in [6, 6.07) is 7.93. The number of aliphatic carboxylic acids is 1. The van der Waals surface area contributed by atoms with Crippen LogP contribution in [-0.2, 0) is 30.8 Å². The molecule has 1 heterocycles. The lowest BCUT2D eigenvalue weighted by Gasteiger charge is -2.36. The Kier molecular flexibility index (Phi) is 5.83. The summed E-state index contributed by atoms with van der Waals surface area (Å²) in [6.45, 7) is 0.295. The van der Waals surface area contributed by atoms with Gasteiger partial charge >= 0.3 is 5.97 Å².